The maximum absolute atomic E-state index is 10.6. The highest BCUT2D eigenvalue weighted by Crippen LogP contribution is 2.19. The molecule has 1 saturated heterocycles. The molecule has 1 aliphatic heterocycles. The molecule has 0 spiro atoms. The van der Waals surface area contributed by atoms with Crippen LogP contribution in [0.5, 0.6) is 0 Å². The van der Waals surface area contributed by atoms with Gasteiger partial charge in [-0.05, 0) is 12.5 Å². The van der Waals surface area contributed by atoms with E-state index in [2.05, 4.69) is 22.1 Å². The van der Waals surface area contributed by atoms with Crippen LogP contribution in [0.3, 0.4) is 0 Å². The third kappa shape index (κ3) is 2.52. The number of nitrogens with zero attached hydrogens (tertiary/aromatic N) is 3. The van der Waals surface area contributed by atoms with E-state index in [9.17, 15) is 10.1 Å². The van der Waals surface area contributed by atoms with Crippen LogP contribution in [0.15, 0.2) is 18.3 Å². The number of pyridine rings is 1. The molecule has 0 aromatic carbocycles. The van der Waals surface area contributed by atoms with Crippen LogP contribution in [0.25, 0.3) is 0 Å². The summed E-state index contributed by atoms with van der Waals surface area (Å²) in [6.45, 7) is 4.96. The summed E-state index contributed by atoms with van der Waals surface area (Å²) in [7, 11) is 0. The van der Waals surface area contributed by atoms with Crippen LogP contribution < -0.4 is 10.2 Å². The van der Waals surface area contributed by atoms with Crippen LogP contribution in [0, 0.1) is 10.1 Å². The van der Waals surface area contributed by atoms with Crippen molar-refractivity contribution >= 4 is 11.5 Å². The van der Waals surface area contributed by atoms with Crippen molar-refractivity contribution in [2.24, 2.45) is 0 Å². The molecule has 1 aliphatic rings. The van der Waals surface area contributed by atoms with Gasteiger partial charge in [-0.25, -0.2) is 4.98 Å². The van der Waals surface area contributed by atoms with E-state index in [0.717, 1.165) is 31.9 Å². The summed E-state index contributed by atoms with van der Waals surface area (Å²) in [6.07, 6.45) is 2.36. The lowest BCUT2D eigenvalue weighted by molar-refractivity contribution is -0.385. The number of hydrogen-bond donors (Lipinski definition) is 1. The van der Waals surface area contributed by atoms with E-state index in [1.807, 2.05) is 0 Å². The first-order valence-electron chi connectivity index (χ1n) is 5.80. The van der Waals surface area contributed by atoms with Crippen LogP contribution in [0.1, 0.15) is 13.3 Å². The van der Waals surface area contributed by atoms with Gasteiger partial charge in [0.25, 0.3) is 5.69 Å². The zero-order chi connectivity index (χ0) is 12.3. The fourth-order valence-electron chi connectivity index (χ4n) is 1.88. The Bertz CT molecular complexity index is 389. The minimum absolute atomic E-state index is 0.0388. The molecule has 92 valence electrons. The monoisotopic (exact) mass is 236 g/mol. The highest BCUT2D eigenvalue weighted by atomic mass is 16.6. The van der Waals surface area contributed by atoms with Crippen molar-refractivity contribution in [3.8, 4) is 0 Å². The van der Waals surface area contributed by atoms with E-state index >= 15 is 0 Å². The fourth-order valence-corrected chi connectivity index (χ4v) is 1.88. The Morgan fingerprint density at radius 3 is 2.76 bits per heavy atom. The molecule has 0 unspecified atom stereocenters. The summed E-state index contributed by atoms with van der Waals surface area (Å²) in [4.78, 5) is 16.5. The highest BCUT2D eigenvalue weighted by Gasteiger charge is 2.25. The molecule has 1 N–H and O–H groups in total. The van der Waals surface area contributed by atoms with Gasteiger partial charge in [-0.15, -0.1) is 0 Å². The lowest BCUT2D eigenvalue weighted by Gasteiger charge is -2.38. The first kappa shape index (κ1) is 11.8. The molecule has 0 bridgehead atoms. The first-order valence-corrected chi connectivity index (χ1v) is 5.80. The maximum Gasteiger partial charge on any atom is 0.287 e. The molecule has 2 heterocycles. The second kappa shape index (κ2) is 5.09. The van der Waals surface area contributed by atoms with Gasteiger partial charge in [-0.2, -0.15) is 0 Å². The van der Waals surface area contributed by atoms with Crippen LogP contribution in [-0.4, -0.2) is 35.6 Å². The van der Waals surface area contributed by atoms with E-state index in [0.29, 0.717) is 6.04 Å². The fraction of sp³-hybridized carbons (Fsp3) is 0.545. The molecule has 1 fully saturated rings. The molecule has 6 heteroatoms. The first-order chi connectivity index (χ1) is 8.22. The van der Waals surface area contributed by atoms with Gasteiger partial charge in [0.1, 0.15) is 12.0 Å². The number of nitro groups is 1. The Morgan fingerprint density at radius 1 is 1.59 bits per heavy atom. The largest absolute Gasteiger partial charge is 0.351 e. The summed E-state index contributed by atoms with van der Waals surface area (Å²) >= 11 is 0. The molecule has 0 atom stereocenters. The molecule has 1 aromatic rings. The van der Waals surface area contributed by atoms with Crippen molar-refractivity contribution in [1.29, 1.82) is 0 Å². The van der Waals surface area contributed by atoms with Crippen molar-refractivity contribution in [1.82, 2.24) is 10.3 Å². The van der Waals surface area contributed by atoms with Crippen LogP contribution in [-0.2, 0) is 0 Å². The number of rotatable bonds is 5. The third-order valence-corrected chi connectivity index (χ3v) is 2.90. The number of aromatic nitrogens is 1. The van der Waals surface area contributed by atoms with Gasteiger partial charge in [0.05, 0.1) is 11.0 Å². The minimum Gasteiger partial charge on any atom is -0.351 e. The van der Waals surface area contributed by atoms with E-state index in [4.69, 9.17) is 0 Å². The predicted octanol–water partition coefficient (Wildman–Crippen LogP) is 1.18. The van der Waals surface area contributed by atoms with Crippen molar-refractivity contribution in [3.63, 3.8) is 0 Å². The lowest BCUT2D eigenvalue weighted by atomic mass is 10.1. The van der Waals surface area contributed by atoms with Crippen molar-refractivity contribution in [2.45, 2.75) is 19.4 Å². The molecule has 0 aliphatic carbocycles. The number of nitrogens with one attached hydrogen (secondary N) is 1. The molecule has 17 heavy (non-hydrogen) atoms. The molecule has 0 radical (unpaired) electrons. The van der Waals surface area contributed by atoms with Gasteiger partial charge >= 0.3 is 0 Å². The molecule has 0 amide bonds. The average molecular weight is 236 g/mol. The highest BCUT2D eigenvalue weighted by molar-refractivity contribution is 5.44. The summed E-state index contributed by atoms with van der Waals surface area (Å²) in [6, 6.07) is 3.70. The van der Waals surface area contributed by atoms with Crippen molar-refractivity contribution in [2.75, 3.05) is 24.5 Å². The Balaban J connectivity index is 2.14. The molecular formula is C11H16N4O2. The number of anilines is 1. The Labute approximate surface area is 99.8 Å². The topological polar surface area (TPSA) is 71.3 Å². The summed E-state index contributed by atoms with van der Waals surface area (Å²) in [5, 5.41) is 13.8. The van der Waals surface area contributed by atoms with E-state index in [1.165, 1.54) is 12.3 Å². The normalized spacial score (nSPS) is 15.4. The van der Waals surface area contributed by atoms with Gasteiger partial charge in [0.2, 0.25) is 0 Å². The smallest absolute Gasteiger partial charge is 0.287 e. The number of hydrogen-bond acceptors (Lipinski definition) is 5. The molecular weight excluding hydrogens is 220 g/mol. The van der Waals surface area contributed by atoms with Gasteiger partial charge < -0.3 is 10.2 Å². The summed E-state index contributed by atoms with van der Waals surface area (Å²) in [5.74, 6) is 0.823. The minimum atomic E-state index is -0.425. The van der Waals surface area contributed by atoms with Gasteiger partial charge in [0, 0.05) is 25.7 Å². The molecule has 0 saturated carbocycles. The SMILES string of the molecule is CCCN(c1ccc([N+](=O)[O-])cn1)C1CNC1. The Morgan fingerprint density at radius 2 is 2.35 bits per heavy atom. The van der Waals surface area contributed by atoms with Crippen molar-refractivity contribution < 1.29 is 4.92 Å². The average Bonchev–Trinajstić information content (AvgIpc) is 2.26. The lowest BCUT2D eigenvalue weighted by Crippen LogP contribution is -2.57. The maximum atomic E-state index is 10.6. The van der Waals surface area contributed by atoms with Gasteiger partial charge in [0.15, 0.2) is 0 Å². The summed E-state index contributed by atoms with van der Waals surface area (Å²) < 4.78 is 0. The predicted molar refractivity (Wildman–Crippen MR) is 65.2 cm³/mol. The van der Waals surface area contributed by atoms with Crippen LogP contribution in [0.4, 0.5) is 11.5 Å². The van der Waals surface area contributed by atoms with Crippen LogP contribution >= 0.6 is 0 Å². The third-order valence-electron chi connectivity index (χ3n) is 2.90. The van der Waals surface area contributed by atoms with E-state index in [1.54, 1.807) is 6.07 Å². The summed E-state index contributed by atoms with van der Waals surface area (Å²) in [5.41, 5.74) is 0.0388. The molecule has 6 nitrogen and oxygen atoms in total. The second-order valence-electron chi connectivity index (χ2n) is 4.14. The zero-order valence-electron chi connectivity index (χ0n) is 9.80. The second-order valence-corrected chi connectivity index (χ2v) is 4.14. The molecule has 2 rings (SSSR count). The Hall–Kier alpha value is -1.69. The van der Waals surface area contributed by atoms with E-state index < -0.39 is 4.92 Å². The Kier molecular flexibility index (Phi) is 3.53. The van der Waals surface area contributed by atoms with Gasteiger partial charge in [-0.1, -0.05) is 6.92 Å². The van der Waals surface area contributed by atoms with Gasteiger partial charge in [-0.3, -0.25) is 10.1 Å². The van der Waals surface area contributed by atoms with Crippen LogP contribution in [0.2, 0.25) is 0 Å². The standard InChI is InChI=1S/C11H16N4O2/c1-2-5-14(10-6-12-7-10)11-4-3-9(8-13-11)15(16)17/h3-4,8,10,12H,2,5-7H2,1H3. The van der Waals surface area contributed by atoms with E-state index in [-0.39, 0.29) is 5.69 Å². The quantitative estimate of drug-likeness (QED) is 0.614. The van der Waals surface area contributed by atoms with Crippen molar-refractivity contribution in [3.05, 3.63) is 28.4 Å². The molecule has 1 aromatic heterocycles. The zero-order valence-corrected chi connectivity index (χ0v) is 9.80.